The maximum Gasteiger partial charge on any atom is 0.513 e. The molecule has 0 fully saturated rings. The standard InChI is InChI=1S/C26H26O8/c1-2-3-4-5-6-7-10-31-17-8-9-18-16(11-17)15-32-22-14-23-19(12-20(22)25(18)28)21(27)13-24(33-23)34-26(29)30/h8-9,11-14H,2-7,10,15H2,1H3,(H,29,30). The third-order valence-corrected chi connectivity index (χ3v) is 5.71. The molecule has 0 spiro atoms. The minimum Gasteiger partial charge on any atom is -0.494 e. The van der Waals surface area contributed by atoms with Crippen LogP contribution in [0.1, 0.15) is 66.9 Å². The van der Waals surface area contributed by atoms with Gasteiger partial charge in [0.15, 0.2) is 11.2 Å². The van der Waals surface area contributed by atoms with E-state index < -0.39 is 17.5 Å². The molecular weight excluding hydrogens is 440 g/mol. The molecule has 0 amide bonds. The minimum absolute atomic E-state index is 0.0595. The van der Waals surface area contributed by atoms with Gasteiger partial charge in [-0.15, -0.1) is 0 Å². The van der Waals surface area contributed by atoms with E-state index in [0.717, 1.165) is 18.9 Å². The van der Waals surface area contributed by atoms with Crippen LogP contribution in [0.4, 0.5) is 4.79 Å². The molecule has 8 nitrogen and oxygen atoms in total. The van der Waals surface area contributed by atoms with E-state index in [1.165, 1.54) is 37.8 Å². The first-order valence-corrected chi connectivity index (χ1v) is 11.4. The largest absolute Gasteiger partial charge is 0.513 e. The highest BCUT2D eigenvalue weighted by atomic mass is 16.7. The van der Waals surface area contributed by atoms with Crippen molar-refractivity contribution in [3.05, 3.63) is 63.3 Å². The van der Waals surface area contributed by atoms with Crippen molar-refractivity contribution in [2.24, 2.45) is 0 Å². The summed E-state index contributed by atoms with van der Waals surface area (Å²) >= 11 is 0. The molecule has 4 rings (SSSR count). The van der Waals surface area contributed by atoms with Gasteiger partial charge in [-0.2, -0.15) is 0 Å². The highest BCUT2D eigenvalue weighted by Gasteiger charge is 2.25. The fraction of sp³-hybridized carbons (Fsp3) is 0.346. The lowest BCUT2D eigenvalue weighted by Gasteiger charge is -2.10. The smallest absolute Gasteiger partial charge is 0.494 e. The second kappa shape index (κ2) is 10.4. The Kier molecular flexibility index (Phi) is 7.15. The third-order valence-electron chi connectivity index (χ3n) is 5.71. The van der Waals surface area contributed by atoms with Crippen molar-refractivity contribution in [2.75, 3.05) is 6.61 Å². The van der Waals surface area contributed by atoms with Gasteiger partial charge >= 0.3 is 6.16 Å². The van der Waals surface area contributed by atoms with Crippen LogP contribution >= 0.6 is 0 Å². The number of ether oxygens (including phenoxy) is 3. The second-order valence-electron chi connectivity index (χ2n) is 8.20. The molecule has 0 aliphatic carbocycles. The predicted octanol–water partition coefficient (Wildman–Crippen LogP) is 5.71. The summed E-state index contributed by atoms with van der Waals surface area (Å²) in [6.45, 7) is 2.93. The highest BCUT2D eigenvalue weighted by Crippen LogP contribution is 2.33. The van der Waals surface area contributed by atoms with Gasteiger partial charge in [0.1, 0.15) is 23.7 Å². The van der Waals surface area contributed by atoms with Gasteiger partial charge in [-0.25, -0.2) is 4.79 Å². The van der Waals surface area contributed by atoms with Crippen LogP contribution in [0, 0.1) is 0 Å². The summed E-state index contributed by atoms with van der Waals surface area (Å²) in [5.41, 5.74) is 0.909. The molecule has 1 aromatic heterocycles. The van der Waals surface area contributed by atoms with Crippen LogP contribution in [0.15, 0.2) is 45.6 Å². The summed E-state index contributed by atoms with van der Waals surface area (Å²) in [4.78, 5) is 36.4. The van der Waals surface area contributed by atoms with Crippen LogP contribution in [0.3, 0.4) is 0 Å². The summed E-state index contributed by atoms with van der Waals surface area (Å²) in [5, 5.41) is 8.89. The van der Waals surface area contributed by atoms with Crippen LogP contribution in [-0.4, -0.2) is 23.7 Å². The minimum atomic E-state index is -1.60. The number of hydrogen-bond acceptors (Lipinski definition) is 7. The van der Waals surface area contributed by atoms with Crippen LogP contribution in [-0.2, 0) is 6.61 Å². The number of carboxylic acid groups (broad SMARTS) is 1. The molecule has 2 heterocycles. The number of fused-ring (bicyclic) bond motifs is 3. The first kappa shape index (κ1) is 23.4. The highest BCUT2D eigenvalue weighted by molar-refractivity contribution is 6.13. The van der Waals surface area contributed by atoms with Crippen LogP contribution in [0.2, 0.25) is 0 Å². The maximum atomic E-state index is 13.2. The van der Waals surface area contributed by atoms with E-state index >= 15 is 0 Å². The van der Waals surface area contributed by atoms with Gasteiger partial charge < -0.3 is 23.7 Å². The molecule has 0 saturated carbocycles. The zero-order valence-corrected chi connectivity index (χ0v) is 18.9. The number of benzene rings is 2. The fourth-order valence-corrected chi connectivity index (χ4v) is 3.97. The number of carbonyl (C=O) groups is 2. The molecule has 178 valence electrons. The Morgan fingerprint density at radius 2 is 1.79 bits per heavy atom. The van der Waals surface area contributed by atoms with Gasteiger partial charge in [0.2, 0.25) is 0 Å². The van der Waals surface area contributed by atoms with E-state index in [4.69, 9.17) is 19.0 Å². The van der Waals surface area contributed by atoms with E-state index in [1.807, 2.05) is 0 Å². The van der Waals surface area contributed by atoms with Crippen LogP contribution in [0.5, 0.6) is 17.4 Å². The van der Waals surface area contributed by atoms with Crippen molar-refractivity contribution in [2.45, 2.75) is 52.1 Å². The van der Waals surface area contributed by atoms with Crippen LogP contribution in [0.25, 0.3) is 11.0 Å². The van der Waals surface area contributed by atoms with Gasteiger partial charge in [0.05, 0.1) is 23.6 Å². The number of hydrogen-bond donors (Lipinski definition) is 1. The lowest BCUT2D eigenvalue weighted by Crippen LogP contribution is -2.08. The Labute approximate surface area is 196 Å². The summed E-state index contributed by atoms with van der Waals surface area (Å²) in [5.74, 6) is 0.170. The Morgan fingerprint density at radius 3 is 2.59 bits per heavy atom. The first-order valence-electron chi connectivity index (χ1n) is 11.4. The number of rotatable bonds is 9. The zero-order valence-electron chi connectivity index (χ0n) is 18.9. The zero-order chi connectivity index (χ0) is 24.1. The molecule has 2 aromatic carbocycles. The van der Waals surface area contributed by atoms with E-state index in [9.17, 15) is 14.4 Å². The average Bonchev–Trinajstić information content (AvgIpc) is 2.93. The van der Waals surface area contributed by atoms with Crippen molar-refractivity contribution in [3.8, 4) is 17.4 Å². The Bertz CT molecular complexity index is 1270. The molecule has 1 N–H and O–H groups in total. The van der Waals surface area contributed by atoms with Crippen molar-refractivity contribution in [1.29, 1.82) is 0 Å². The van der Waals surface area contributed by atoms with Crippen molar-refractivity contribution in [1.82, 2.24) is 0 Å². The summed E-state index contributed by atoms with van der Waals surface area (Å²) in [6, 6.07) is 9.01. The average molecular weight is 466 g/mol. The molecule has 0 unspecified atom stereocenters. The van der Waals surface area contributed by atoms with Crippen LogP contribution < -0.4 is 19.6 Å². The Balaban J connectivity index is 1.52. The van der Waals surface area contributed by atoms with Gasteiger partial charge in [0, 0.05) is 17.2 Å². The van der Waals surface area contributed by atoms with Crippen molar-refractivity contribution in [3.63, 3.8) is 0 Å². The molecule has 1 aliphatic rings. The second-order valence-corrected chi connectivity index (χ2v) is 8.20. The number of ketones is 1. The summed E-state index contributed by atoms with van der Waals surface area (Å²) < 4.78 is 21.5. The van der Waals surface area contributed by atoms with E-state index in [0.29, 0.717) is 23.5 Å². The molecule has 0 bridgehead atoms. The normalized spacial score (nSPS) is 12.4. The quantitative estimate of drug-likeness (QED) is 0.315. The molecule has 0 atom stereocenters. The lowest BCUT2D eigenvalue weighted by atomic mass is 9.98. The van der Waals surface area contributed by atoms with Gasteiger partial charge in [-0.1, -0.05) is 39.0 Å². The number of carbonyl (C=O) groups excluding carboxylic acids is 1. The van der Waals surface area contributed by atoms with E-state index in [1.54, 1.807) is 18.2 Å². The molecule has 0 saturated heterocycles. The van der Waals surface area contributed by atoms with Gasteiger partial charge in [-0.3, -0.25) is 9.59 Å². The molecule has 8 heteroatoms. The molecule has 0 radical (unpaired) electrons. The lowest BCUT2D eigenvalue weighted by molar-refractivity contribution is 0.103. The monoisotopic (exact) mass is 466 g/mol. The van der Waals surface area contributed by atoms with Crippen molar-refractivity contribution < 1.29 is 33.3 Å². The van der Waals surface area contributed by atoms with Crippen molar-refractivity contribution >= 4 is 22.9 Å². The molecular formula is C26H26O8. The predicted molar refractivity (Wildman–Crippen MR) is 124 cm³/mol. The summed E-state index contributed by atoms with van der Waals surface area (Å²) in [7, 11) is 0. The van der Waals surface area contributed by atoms with E-state index in [2.05, 4.69) is 11.7 Å². The maximum absolute atomic E-state index is 13.2. The Hall–Kier alpha value is -3.81. The van der Waals surface area contributed by atoms with Gasteiger partial charge in [0.25, 0.3) is 5.95 Å². The fourth-order valence-electron chi connectivity index (χ4n) is 3.97. The Morgan fingerprint density at radius 1 is 1.00 bits per heavy atom. The number of unbranched alkanes of at least 4 members (excludes halogenated alkanes) is 5. The van der Waals surface area contributed by atoms with Gasteiger partial charge in [-0.05, 0) is 30.7 Å². The topological polar surface area (TPSA) is 112 Å². The SMILES string of the molecule is CCCCCCCCOc1ccc2c(c1)COc1cc3oc(OC(=O)O)cc(=O)c3cc1C2=O. The molecule has 3 aromatic rings. The molecule has 1 aliphatic heterocycles. The first-order chi connectivity index (χ1) is 16.5. The summed E-state index contributed by atoms with van der Waals surface area (Å²) in [6.07, 6.45) is 5.44. The molecule has 34 heavy (non-hydrogen) atoms. The third kappa shape index (κ3) is 5.22. The van der Waals surface area contributed by atoms with E-state index in [-0.39, 0.29) is 34.7 Å².